The van der Waals surface area contributed by atoms with Crippen molar-refractivity contribution in [3.05, 3.63) is 18.0 Å². The summed E-state index contributed by atoms with van der Waals surface area (Å²) >= 11 is 0. The van der Waals surface area contributed by atoms with Gasteiger partial charge in [-0.1, -0.05) is 0 Å². The van der Waals surface area contributed by atoms with Crippen LogP contribution in [0, 0.1) is 0 Å². The van der Waals surface area contributed by atoms with E-state index in [4.69, 9.17) is 10.5 Å². The fraction of sp³-hybridized carbons (Fsp3) is 0.615. The number of ether oxygens (including phenoxy) is 1. The summed E-state index contributed by atoms with van der Waals surface area (Å²) in [6, 6.07) is 2.09. The number of morpholine rings is 1. The van der Waals surface area contributed by atoms with Crippen LogP contribution in [0.3, 0.4) is 0 Å². The van der Waals surface area contributed by atoms with Gasteiger partial charge >= 0.3 is 0 Å². The van der Waals surface area contributed by atoms with E-state index >= 15 is 0 Å². The number of carbonyl (C=O) groups excluding carboxylic acids is 1. The fourth-order valence-corrected chi connectivity index (χ4v) is 2.28. The Bertz CT molecular complexity index is 439. The van der Waals surface area contributed by atoms with Crippen molar-refractivity contribution in [2.24, 2.45) is 0 Å². The van der Waals surface area contributed by atoms with E-state index in [0.29, 0.717) is 31.1 Å². The quantitative estimate of drug-likeness (QED) is 0.866. The van der Waals surface area contributed by atoms with Crippen LogP contribution in [0.2, 0.25) is 0 Å². The molecule has 1 atom stereocenters. The number of rotatable bonds is 2. The van der Waals surface area contributed by atoms with Gasteiger partial charge in [-0.25, -0.2) is 0 Å². The summed E-state index contributed by atoms with van der Waals surface area (Å²) in [6.45, 7) is 7.93. The van der Waals surface area contributed by atoms with Crippen LogP contribution in [0.5, 0.6) is 0 Å². The second kappa shape index (κ2) is 5.02. The van der Waals surface area contributed by atoms with Crippen molar-refractivity contribution in [1.82, 2.24) is 9.47 Å². The minimum atomic E-state index is 0.0381. The largest absolute Gasteiger partial charge is 0.397 e. The van der Waals surface area contributed by atoms with E-state index < -0.39 is 0 Å². The Morgan fingerprint density at radius 3 is 2.89 bits per heavy atom. The van der Waals surface area contributed by atoms with Crippen LogP contribution in [-0.2, 0) is 4.74 Å². The zero-order valence-corrected chi connectivity index (χ0v) is 11.2. The Morgan fingerprint density at radius 1 is 1.56 bits per heavy atom. The molecule has 0 spiro atoms. The molecule has 0 aromatic carbocycles. The summed E-state index contributed by atoms with van der Waals surface area (Å²) in [7, 11) is 0. The third-order valence-corrected chi connectivity index (χ3v) is 3.27. The highest BCUT2D eigenvalue weighted by atomic mass is 16.5. The highest BCUT2D eigenvalue weighted by Gasteiger charge is 2.27. The molecule has 0 aliphatic carbocycles. The van der Waals surface area contributed by atoms with Crippen molar-refractivity contribution in [2.45, 2.75) is 32.9 Å². The van der Waals surface area contributed by atoms with Crippen LogP contribution < -0.4 is 5.73 Å². The van der Waals surface area contributed by atoms with Crippen LogP contribution in [-0.4, -0.2) is 41.2 Å². The van der Waals surface area contributed by atoms with E-state index in [1.807, 2.05) is 36.4 Å². The molecule has 1 aliphatic rings. The van der Waals surface area contributed by atoms with E-state index in [2.05, 4.69) is 0 Å². The maximum Gasteiger partial charge on any atom is 0.270 e. The first-order valence-corrected chi connectivity index (χ1v) is 6.36. The molecule has 100 valence electrons. The summed E-state index contributed by atoms with van der Waals surface area (Å²) in [5, 5.41) is 0. The third kappa shape index (κ3) is 2.36. The first-order valence-electron chi connectivity index (χ1n) is 6.36. The Kier molecular flexibility index (Phi) is 3.61. The number of anilines is 1. The minimum Gasteiger partial charge on any atom is -0.397 e. The fourth-order valence-electron chi connectivity index (χ4n) is 2.28. The maximum atomic E-state index is 12.5. The molecule has 1 aromatic heterocycles. The molecule has 0 bridgehead atoms. The third-order valence-electron chi connectivity index (χ3n) is 3.27. The lowest BCUT2D eigenvalue weighted by Crippen LogP contribution is -2.47. The van der Waals surface area contributed by atoms with Gasteiger partial charge in [-0.2, -0.15) is 0 Å². The van der Waals surface area contributed by atoms with Crippen LogP contribution in [0.4, 0.5) is 5.69 Å². The molecule has 2 rings (SSSR count). The van der Waals surface area contributed by atoms with Crippen molar-refractivity contribution < 1.29 is 9.53 Å². The smallest absolute Gasteiger partial charge is 0.270 e. The van der Waals surface area contributed by atoms with Gasteiger partial charge in [-0.3, -0.25) is 4.79 Å². The molecule has 2 heterocycles. The van der Waals surface area contributed by atoms with Gasteiger partial charge in [-0.15, -0.1) is 0 Å². The number of carbonyl (C=O) groups is 1. The van der Waals surface area contributed by atoms with Crippen LogP contribution >= 0.6 is 0 Å². The first kappa shape index (κ1) is 13.0. The highest BCUT2D eigenvalue weighted by molar-refractivity contribution is 5.94. The molecule has 1 aliphatic heterocycles. The monoisotopic (exact) mass is 251 g/mol. The topological polar surface area (TPSA) is 60.5 Å². The molecule has 0 unspecified atom stereocenters. The summed E-state index contributed by atoms with van der Waals surface area (Å²) in [4.78, 5) is 14.4. The zero-order chi connectivity index (χ0) is 13.3. The predicted octanol–water partition coefficient (Wildman–Crippen LogP) is 1.51. The van der Waals surface area contributed by atoms with Crippen LogP contribution in [0.25, 0.3) is 0 Å². The minimum absolute atomic E-state index is 0.0381. The van der Waals surface area contributed by atoms with Gasteiger partial charge in [0.15, 0.2) is 0 Å². The number of aromatic nitrogens is 1. The summed E-state index contributed by atoms with van der Waals surface area (Å²) < 4.78 is 7.29. The molecule has 18 heavy (non-hydrogen) atoms. The van der Waals surface area contributed by atoms with Gasteiger partial charge < -0.3 is 19.9 Å². The van der Waals surface area contributed by atoms with Crippen molar-refractivity contribution in [2.75, 3.05) is 25.5 Å². The van der Waals surface area contributed by atoms with Crippen molar-refractivity contribution in [3.63, 3.8) is 0 Å². The molecule has 1 fully saturated rings. The second-order valence-electron chi connectivity index (χ2n) is 5.08. The predicted molar refractivity (Wildman–Crippen MR) is 70.5 cm³/mol. The highest BCUT2D eigenvalue weighted by Crippen LogP contribution is 2.20. The summed E-state index contributed by atoms with van der Waals surface area (Å²) in [5.41, 5.74) is 7.10. The van der Waals surface area contributed by atoms with E-state index in [-0.39, 0.29) is 18.0 Å². The van der Waals surface area contributed by atoms with E-state index in [1.165, 1.54) is 0 Å². The molecule has 1 saturated heterocycles. The number of nitrogens with two attached hydrogens (primary N) is 1. The van der Waals surface area contributed by atoms with Crippen LogP contribution in [0.15, 0.2) is 12.3 Å². The Hall–Kier alpha value is -1.49. The average Bonchev–Trinajstić information content (AvgIpc) is 2.71. The van der Waals surface area contributed by atoms with Gasteiger partial charge in [0.1, 0.15) is 5.69 Å². The van der Waals surface area contributed by atoms with Crippen molar-refractivity contribution in [1.29, 1.82) is 0 Å². The number of hydrogen-bond acceptors (Lipinski definition) is 3. The number of hydrogen-bond donors (Lipinski definition) is 1. The van der Waals surface area contributed by atoms with Crippen molar-refractivity contribution >= 4 is 11.6 Å². The molecule has 5 nitrogen and oxygen atoms in total. The van der Waals surface area contributed by atoms with Gasteiger partial charge in [0.25, 0.3) is 5.91 Å². The number of nitrogens with zero attached hydrogens (tertiary/aromatic N) is 2. The molecule has 1 amide bonds. The van der Waals surface area contributed by atoms with Gasteiger partial charge in [0.2, 0.25) is 0 Å². The van der Waals surface area contributed by atoms with Gasteiger partial charge in [0.05, 0.1) is 24.9 Å². The standard InChI is InChI=1S/C13H21N3O2/c1-9(2)16-7-11(14)6-12(16)13(17)15-4-5-18-8-10(15)3/h6-7,9-10H,4-5,8,14H2,1-3H3/t10-/m1/s1. The Morgan fingerprint density at radius 2 is 2.28 bits per heavy atom. The Labute approximate surface area is 108 Å². The SMILES string of the molecule is CC(C)n1cc(N)cc1C(=O)N1CCOC[C@H]1C. The van der Waals surface area contributed by atoms with Crippen LogP contribution in [0.1, 0.15) is 37.3 Å². The molecule has 2 N–H and O–H groups in total. The lowest BCUT2D eigenvalue weighted by atomic mass is 10.2. The van der Waals surface area contributed by atoms with E-state index in [1.54, 1.807) is 6.07 Å². The number of amides is 1. The van der Waals surface area contributed by atoms with Gasteiger partial charge in [0, 0.05) is 18.8 Å². The first-order chi connectivity index (χ1) is 8.50. The lowest BCUT2D eigenvalue weighted by Gasteiger charge is -2.33. The average molecular weight is 251 g/mol. The molecular formula is C13H21N3O2. The lowest BCUT2D eigenvalue weighted by molar-refractivity contribution is 0.00295. The normalized spacial score (nSPS) is 20.4. The summed E-state index contributed by atoms with van der Waals surface area (Å²) in [5.74, 6) is 0.0381. The number of nitrogen functional groups attached to an aromatic ring is 1. The van der Waals surface area contributed by atoms with E-state index in [9.17, 15) is 4.79 Å². The molecular weight excluding hydrogens is 230 g/mol. The molecule has 0 saturated carbocycles. The van der Waals surface area contributed by atoms with E-state index in [0.717, 1.165) is 0 Å². The van der Waals surface area contributed by atoms with Crippen molar-refractivity contribution in [3.8, 4) is 0 Å². The molecule has 0 radical (unpaired) electrons. The summed E-state index contributed by atoms with van der Waals surface area (Å²) in [6.07, 6.45) is 1.82. The maximum absolute atomic E-state index is 12.5. The zero-order valence-electron chi connectivity index (χ0n) is 11.2. The molecule has 5 heteroatoms. The molecule has 1 aromatic rings. The Balaban J connectivity index is 2.27. The van der Waals surface area contributed by atoms with Gasteiger partial charge in [-0.05, 0) is 26.8 Å². The second-order valence-corrected chi connectivity index (χ2v) is 5.08.